The zero-order valence-corrected chi connectivity index (χ0v) is 9.24. The Morgan fingerprint density at radius 2 is 2.29 bits per heavy atom. The number of rotatable bonds is 3. The van der Waals surface area contributed by atoms with E-state index in [1.54, 1.807) is 17.1 Å². The van der Waals surface area contributed by atoms with E-state index in [0.29, 0.717) is 0 Å². The molecule has 5 nitrogen and oxygen atoms in total. The third-order valence-corrected chi connectivity index (χ3v) is 2.30. The van der Waals surface area contributed by atoms with Crippen molar-refractivity contribution in [1.82, 2.24) is 14.8 Å². The minimum Gasteiger partial charge on any atom is -0.478 e. The summed E-state index contributed by atoms with van der Waals surface area (Å²) in [5, 5.41) is 12.6. The molecule has 0 atom stereocenters. The number of hydrogen-bond acceptors (Lipinski definition) is 3. The Morgan fingerprint density at radius 1 is 1.47 bits per heavy atom. The number of hydrogen-bond donors (Lipinski definition) is 1. The molecule has 0 saturated heterocycles. The lowest BCUT2D eigenvalue weighted by molar-refractivity contribution is -0.131. The molecular weight excluding hydrogens is 218 g/mol. The molecule has 0 aliphatic heterocycles. The van der Waals surface area contributed by atoms with Gasteiger partial charge in [0.2, 0.25) is 0 Å². The predicted molar refractivity (Wildman–Crippen MR) is 62.8 cm³/mol. The van der Waals surface area contributed by atoms with Crippen LogP contribution in [-0.4, -0.2) is 25.8 Å². The third kappa shape index (κ3) is 2.57. The molecule has 0 unspecified atom stereocenters. The number of carbonyl (C=O) groups is 1. The second kappa shape index (κ2) is 4.61. The Bertz CT molecular complexity index is 559. The van der Waals surface area contributed by atoms with E-state index in [9.17, 15) is 4.79 Å². The van der Waals surface area contributed by atoms with E-state index >= 15 is 0 Å². The fourth-order valence-electron chi connectivity index (χ4n) is 1.54. The lowest BCUT2D eigenvalue weighted by Gasteiger charge is -2.05. The molecule has 17 heavy (non-hydrogen) atoms. The highest BCUT2D eigenvalue weighted by molar-refractivity contribution is 5.85. The number of aryl methyl sites for hydroxylation is 1. The zero-order valence-electron chi connectivity index (χ0n) is 9.24. The number of benzene rings is 1. The van der Waals surface area contributed by atoms with Gasteiger partial charge in [-0.05, 0) is 36.3 Å². The van der Waals surface area contributed by atoms with Crippen LogP contribution in [0.15, 0.2) is 36.9 Å². The molecule has 1 heterocycles. The Hall–Kier alpha value is -2.43. The van der Waals surface area contributed by atoms with Crippen molar-refractivity contribution in [1.29, 1.82) is 0 Å². The maximum atomic E-state index is 10.4. The molecule has 1 aromatic carbocycles. The van der Waals surface area contributed by atoms with E-state index < -0.39 is 5.97 Å². The maximum Gasteiger partial charge on any atom is 0.328 e. The molecule has 86 valence electrons. The predicted octanol–water partition coefficient (Wildman–Crippen LogP) is 1.67. The summed E-state index contributed by atoms with van der Waals surface area (Å²) in [7, 11) is 0. The van der Waals surface area contributed by atoms with Crippen molar-refractivity contribution in [2.24, 2.45) is 0 Å². The quantitative estimate of drug-likeness (QED) is 0.813. The average molecular weight is 229 g/mol. The lowest BCUT2D eigenvalue weighted by Crippen LogP contribution is -1.97. The third-order valence-electron chi connectivity index (χ3n) is 2.30. The molecule has 2 rings (SSSR count). The fourth-order valence-corrected chi connectivity index (χ4v) is 1.54. The number of nitrogens with zero attached hydrogens (tertiary/aromatic N) is 3. The molecule has 0 radical (unpaired) electrons. The van der Waals surface area contributed by atoms with E-state index in [1.807, 2.05) is 25.1 Å². The highest BCUT2D eigenvalue weighted by Gasteiger charge is 2.01. The molecule has 1 N–H and O–H groups in total. The lowest BCUT2D eigenvalue weighted by atomic mass is 10.1. The minimum atomic E-state index is -0.956. The van der Waals surface area contributed by atoms with Gasteiger partial charge in [0.1, 0.15) is 12.7 Å². The highest BCUT2D eigenvalue weighted by Crippen LogP contribution is 2.15. The van der Waals surface area contributed by atoms with Gasteiger partial charge < -0.3 is 5.11 Å². The molecule has 0 fully saturated rings. The van der Waals surface area contributed by atoms with Gasteiger partial charge in [-0.3, -0.25) is 0 Å². The van der Waals surface area contributed by atoms with E-state index in [1.165, 1.54) is 6.33 Å². The van der Waals surface area contributed by atoms with E-state index in [0.717, 1.165) is 22.9 Å². The summed E-state index contributed by atoms with van der Waals surface area (Å²) in [5.74, 6) is -0.956. The van der Waals surface area contributed by atoms with Crippen LogP contribution in [0, 0.1) is 6.92 Å². The van der Waals surface area contributed by atoms with Gasteiger partial charge >= 0.3 is 5.97 Å². The van der Waals surface area contributed by atoms with Gasteiger partial charge in [-0.15, -0.1) is 0 Å². The molecule has 0 saturated carbocycles. The van der Waals surface area contributed by atoms with Gasteiger partial charge in [0.25, 0.3) is 0 Å². The van der Waals surface area contributed by atoms with Gasteiger partial charge in [0, 0.05) is 6.08 Å². The Labute approximate surface area is 98.0 Å². The van der Waals surface area contributed by atoms with E-state index in [-0.39, 0.29) is 0 Å². The van der Waals surface area contributed by atoms with Crippen molar-refractivity contribution in [3.05, 3.63) is 48.1 Å². The van der Waals surface area contributed by atoms with Crippen LogP contribution in [0.5, 0.6) is 0 Å². The van der Waals surface area contributed by atoms with Gasteiger partial charge in [-0.1, -0.05) is 6.07 Å². The highest BCUT2D eigenvalue weighted by atomic mass is 16.4. The van der Waals surface area contributed by atoms with Crippen molar-refractivity contribution >= 4 is 12.0 Å². The monoisotopic (exact) mass is 229 g/mol. The Kier molecular flexibility index (Phi) is 3.00. The van der Waals surface area contributed by atoms with Crippen molar-refractivity contribution in [2.45, 2.75) is 6.92 Å². The summed E-state index contributed by atoms with van der Waals surface area (Å²) in [6.07, 6.45) is 5.76. The van der Waals surface area contributed by atoms with Gasteiger partial charge in [-0.25, -0.2) is 14.5 Å². The largest absolute Gasteiger partial charge is 0.478 e. The van der Waals surface area contributed by atoms with Gasteiger partial charge in [-0.2, -0.15) is 5.10 Å². The first kappa shape index (κ1) is 11.1. The molecule has 2 aromatic rings. The Balaban J connectivity index is 2.32. The summed E-state index contributed by atoms with van der Waals surface area (Å²) in [6, 6.07) is 5.62. The number of aliphatic carboxylic acids is 1. The van der Waals surface area contributed by atoms with Crippen LogP contribution in [0.4, 0.5) is 0 Å². The fraction of sp³-hybridized carbons (Fsp3) is 0.0833. The first-order valence-electron chi connectivity index (χ1n) is 5.03. The minimum absolute atomic E-state index is 0.841. The summed E-state index contributed by atoms with van der Waals surface area (Å²) in [6.45, 7) is 1.94. The number of carboxylic acid groups (broad SMARTS) is 1. The van der Waals surface area contributed by atoms with Crippen LogP contribution >= 0.6 is 0 Å². The van der Waals surface area contributed by atoms with Gasteiger partial charge in [0.15, 0.2) is 0 Å². The van der Waals surface area contributed by atoms with E-state index in [2.05, 4.69) is 10.1 Å². The molecular formula is C12H11N3O2. The molecule has 1 aromatic heterocycles. The van der Waals surface area contributed by atoms with Gasteiger partial charge in [0.05, 0.1) is 5.69 Å². The number of carboxylic acids is 1. The van der Waals surface area contributed by atoms with Crippen LogP contribution in [-0.2, 0) is 4.79 Å². The first-order valence-corrected chi connectivity index (χ1v) is 5.03. The summed E-state index contributed by atoms with van der Waals surface area (Å²) >= 11 is 0. The standard InChI is InChI=1S/C12H11N3O2/c1-9-6-10(3-5-12(16)17)2-4-11(9)15-8-13-7-14-15/h2-8H,1H3,(H,16,17)/b5-3+. The van der Waals surface area contributed by atoms with Crippen molar-refractivity contribution in [3.8, 4) is 5.69 Å². The average Bonchev–Trinajstić information content (AvgIpc) is 2.79. The van der Waals surface area contributed by atoms with Crippen LogP contribution in [0.3, 0.4) is 0 Å². The first-order chi connectivity index (χ1) is 8.16. The smallest absolute Gasteiger partial charge is 0.328 e. The molecule has 0 bridgehead atoms. The normalized spacial score (nSPS) is 10.9. The van der Waals surface area contributed by atoms with Crippen molar-refractivity contribution in [3.63, 3.8) is 0 Å². The molecule has 0 aliphatic carbocycles. The second-order valence-electron chi connectivity index (χ2n) is 3.56. The molecule has 0 aliphatic rings. The topological polar surface area (TPSA) is 68.0 Å². The van der Waals surface area contributed by atoms with Crippen LogP contribution in [0.25, 0.3) is 11.8 Å². The maximum absolute atomic E-state index is 10.4. The summed E-state index contributed by atoms with van der Waals surface area (Å²) in [5.41, 5.74) is 2.77. The van der Waals surface area contributed by atoms with Crippen molar-refractivity contribution in [2.75, 3.05) is 0 Å². The zero-order chi connectivity index (χ0) is 12.3. The number of aromatic nitrogens is 3. The second-order valence-corrected chi connectivity index (χ2v) is 3.56. The van der Waals surface area contributed by atoms with Crippen LogP contribution in [0.1, 0.15) is 11.1 Å². The SMILES string of the molecule is Cc1cc(/C=C/C(=O)O)ccc1-n1cncn1. The van der Waals surface area contributed by atoms with E-state index in [4.69, 9.17) is 5.11 Å². The molecule has 5 heteroatoms. The molecule has 0 amide bonds. The van der Waals surface area contributed by atoms with Crippen molar-refractivity contribution < 1.29 is 9.90 Å². The van der Waals surface area contributed by atoms with Crippen LogP contribution < -0.4 is 0 Å². The summed E-state index contributed by atoms with van der Waals surface area (Å²) < 4.78 is 1.67. The Morgan fingerprint density at radius 3 is 2.88 bits per heavy atom. The summed E-state index contributed by atoms with van der Waals surface area (Å²) in [4.78, 5) is 14.3. The molecule has 0 spiro atoms. The van der Waals surface area contributed by atoms with Crippen LogP contribution in [0.2, 0.25) is 0 Å².